The molecular weight excluding hydrogens is 291 g/mol. The van der Waals surface area contributed by atoms with Gasteiger partial charge in [0.15, 0.2) is 0 Å². The van der Waals surface area contributed by atoms with E-state index in [1.807, 2.05) is 31.2 Å². The lowest BCUT2D eigenvalue weighted by atomic mass is 10.1. The van der Waals surface area contributed by atoms with Crippen molar-refractivity contribution in [3.05, 3.63) is 57.2 Å². The number of rotatable bonds is 3. The van der Waals surface area contributed by atoms with E-state index in [0.29, 0.717) is 21.0 Å². The van der Waals surface area contributed by atoms with Crippen LogP contribution >= 0.6 is 34.8 Å². The van der Waals surface area contributed by atoms with Crippen LogP contribution in [0.15, 0.2) is 36.4 Å². The topological polar surface area (TPSA) is 24.9 Å². The highest BCUT2D eigenvalue weighted by molar-refractivity contribution is 6.35. The average molecular weight is 302 g/mol. The Labute approximate surface area is 121 Å². The maximum absolute atomic E-state index is 6.15. The van der Waals surface area contributed by atoms with Gasteiger partial charge in [-0.25, -0.2) is 4.98 Å². The van der Waals surface area contributed by atoms with Crippen molar-refractivity contribution in [1.82, 2.24) is 4.98 Å². The molecule has 0 aliphatic rings. The fourth-order valence-corrected chi connectivity index (χ4v) is 2.38. The number of aromatic nitrogens is 1. The van der Waals surface area contributed by atoms with Crippen LogP contribution in [0.4, 0.5) is 5.82 Å². The third kappa shape index (κ3) is 3.29. The molecule has 0 fully saturated rings. The van der Waals surface area contributed by atoms with E-state index in [9.17, 15) is 0 Å². The molecule has 1 heterocycles. The van der Waals surface area contributed by atoms with Crippen LogP contribution in [0.1, 0.15) is 18.5 Å². The maximum Gasteiger partial charge on any atom is 0.131 e. The summed E-state index contributed by atoms with van der Waals surface area (Å²) in [6, 6.07) is 10.9. The summed E-state index contributed by atoms with van der Waals surface area (Å²) in [4.78, 5) is 4.17. The van der Waals surface area contributed by atoms with Gasteiger partial charge in [-0.1, -0.05) is 46.9 Å². The lowest BCUT2D eigenvalue weighted by molar-refractivity contribution is 0.875. The van der Waals surface area contributed by atoms with E-state index >= 15 is 0 Å². The Hall–Kier alpha value is -0.960. The summed E-state index contributed by atoms with van der Waals surface area (Å²) in [5.41, 5.74) is 0.961. The molecule has 5 heteroatoms. The van der Waals surface area contributed by atoms with E-state index in [2.05, 4.69) is 10.3 Å². The Morgan fingerprint density at radius 1 is 1.11 bits per heavy atom. The first-order valence-electron chi connectivity index (χ1n) is 5.40. The lowest BCUT2D eigenvalue weighted by Crippen LogP contribution is -2.08. The summed E-state index contributed by atoms with van der Waals surface area (Å²) < 4.78 is 0. The first-order valence-corrected chi connectivity index (χ1v) is 6.53. The van der Waals surface area contributed by atoms with Crippen LogP contribution in [0.25, 0.3) is 0 Å². The zero-order valence-electron chi connectivity index (χ0n) is 9.62. The summed E-state index contributed by atoms with van der Waals surface area (Å²) in [6.07, 6.45) is 0. The second kappa shape index (κ2) is 5.79. The van der Waals surface area contributed by atoms with Crippen molar-refractivity contribution in [2.75, 3.05) is 5.32 Å². The Kier molecular flexibility index (Phi) is 4.33. The highest BCUT2D eigenvalue weighted by Gasteiger charge is 2.10. The van der Waals surface area contributed by atoms with E-state index < -0.39 is 0 Å². The smallest absolute Gasteiger partial charge is 0.131 e. The van der Waals surface area contributed by atoms with E-state index in [-0.39, 0.29) is 6.04 Å². The van der Waals surface area contributed by atoms with Crippen molar-refractivity contribution in [3.63, 3.8) is 0 Å². The van der Waals surface area contributed by atoms with Crippen molar-refractivity contribution in [2.24, 2.45) is 0 Å². The molecule has 2 rings (SSSR count). The molecule has 1 aromatic carbocycles. The Morgan fingerprint density at radius 2 is 1.89 bits per heavy atom. The van der Waals surface area contributed by atoms with E-state index in [1.165, 1.54) is 0 Å². The van der Waals surface area contributed by atoms with Gasteiger partial charge < -0.3 is 5.32 Å². The van der Waals surface area contributed by atoms with Gasteiger partial charge in [0.25, 0.3) is 0 Å². The molecular formula is C13H11Cl3N2. The van der Waals surface area contributed by atoms with E-state index in [4.69, 9.17) is 34.8 Å². The summed E-state index contributed by atoms with van der Waals surface area (Å²) in [6.45, 7) is 2.00. The van der Waals surface area contributed by atoms with E-state index in [1.54, 1.807) is 12.1 Å². The number of hydrogen-bond donors (Lipinski definition) is 1. The van der Waals surface area contributed by atoms with Gasteiger partial charge in [-0.3, -0.25) is 0 Å². The minimum Gasteiger partial charge on any atom is -0.363 e. The number of halogens is 3. The quantitative estimate of drug-likeness (QED) is 0.787. The minimum atomic E-state index is 0.0146. The zero-order valence-corrected chi connectivity index (χ0v) is 11.9. The van der Waals surface area contributed by atoms with Crippen molar-refractivity contribution >= 4 is 40.6 Å². The second-order valence-electron chi connectivity index (χ2n) is 3.88. The number of nitrogens with one attached hydrogen (secondary N) is 1. The molecule has 1 unspecified atom stereocenters. The van der Waals surface area contributed by atoms with Gasteiger partial charge in [-0.05, 0) is 36.8 Å². The molecule has 0 radical (unpaired) electrons. The molecule has 1 N–H and O–H groups in total. The first-order chi connectivity index (χ1) is 8.56. The Balaban J connectivity index is 2.19. The maximum atomic E-state index is 6.15. The van der Waals surface area contributed by atoms with Crippen molar-refractivity contribution < 1.29 is 0 Å². The Bertz CT molecular complexity index is 558. The first kappa shape index (κ1) is 13.5. The van der Waals surface area contributed by atoms with Crippen LogP contribution < -0.4 is 5.32 Å². The molecule has 0 bridgehead atoms. The predicted molar refractivity (Wildman–Crippen MR) is 77.7 cm³/mol. The molecule has 94 valence electrons. The molecule has 2 aromatic rings. The van der Waals surface area contributed by atoms with Crippen LogP contribution in [0.5, 0.6) is 0 Å². The van der Waals surface area contributed by atoms with Crippen LogP contribution in [-0.2, 0) is 0 Å². The van der Waals surface area contributed by atoms with E-state index in [0.717, 1.165) is 5.56 Å². The van der Waals surface area contributed by atoms with Crippen molar-refractivity contribution in [2.45, 2.75) is 13.0 Å². The van der Waals surface area contributed by atoms with Gasteiger partial charge >= 0.3 is 0 Å². The standard InChI is InChI=1S/C13H11Cl3N2/c1-8(10-6-5-9(14)7-11(10)15)17-13-4-2-3-12(16)18-13/h2-8H,1H3,(H,17,18). The molecule has 1 atom stereocenters. The van der Waals surface area contributed by atoms with Crippen molar-refractivity contribution in [1.29, 1.82) is 0 Å². The fourth-order valence-electron chi connectivity index (χ4n) is 1.64. The van der Waals surface area contributed by atoms with Gasteiger partial charge in [-0.2, -0.15) is 0 Å². The highest BCUT2D eigenvalue weighted by atomic mass is 35.5. The third-order valence-electron chi connectivity index (χ3n) is 2.51. The van der Waals surface area contributed by atoms with Crippen molar-refractivity contribution in [3.8, 4) is 0 Å². The summed E-state index contributed by atoms with van der Waals surface area (Å²) in [5, 5.41) is 4.94. The summed E-state index contributed by atoms with van der Waals surface area (Å²) in [5.74, 6) is 0.709. The molecule has 0 aliphatic carbocycles. The molecule has 2 nitrogen and oxygen atoms in total. The fraction of sp³-hybridized carbons (Fsp3) is 0.154. The normalized spacial score (nSPS) is 12.2. The molecule has 0 saturated heterocycles. The molecule has 1 aromatic heterocycles. The molecule has 18 heavy (non-hydrogen) atoms. The molecule has 0 spiro atoms. The van der Waals surface area contributed by atoms with Crippen LogP contribution in [0.2, 0.25) is 15.2 Å². The van der Waals surface area contributed by atoms with Crippen LogP contribution in [-0.4, -0.2) is 4.98 Å². The SMILES string of the molecule is CC(Nc1cccc(Cl)n1)c1ccc(Cl)cc1Cl. The predicted octanol–water partition coefficient (Wildman–Crippen LogP) is 5.21. The molecule has 0 aliphatic heterocycles. The Morgan fingerprint density at radius 3 is 2.56 bits per heavy atom. The minimum absolute atomic E-state index is 0.0146. The summed E-state index contributed by atoms with van der Waals surface area (Å²) in [7, 11) is 0. The van der Waals surface area contributed by atoms with Gasteiger partial charge in [-0.15, -0.1) is 0 Å². The second-order valence-corrected chi connectivity index (χ2v) is 5.11. The number of pyridine rings is 1. The van der Waals surface area contributed by atoms with Crippen LogP contribution in [0, 0.1) is 0 Å². The summed E-state index contributed by atoms with van der Waals surface area (Å²) >= 11 is 17.9. The van der Waals surface area contributed by atoms with Gasteiger partial charge in [0.05, 0.1) is 6.04 Å². The van der Waals surface area contributed by atoms with Gasteiger partial charge in [0.1, 0.15) is 11.0 Å². The largest absolute Gasteiger partial charge is 0.363 e. The molecule has 0 amide bonds. The number of anilines is 1. The number of nitrogens with zero attached hydrogens (tertiary/aromatic N) is 1. The molecule has 0 saturated carbocycles. The third-order valence-corrected chi connectivity index (χ3v) is 3.28. The number of hydrogen-bond acceptors (Lipinski definition) is 2. The average Bonchev–Trinajstić information content (AvgIpc) is 2.28. The van der Waals surface area contributed by atoms with Gasteiger partial charge in [0.2, 0.25) is 0 Å². The number of benzene rings is 1. The van der Waals surface area contributed by atoms with Crippen LogP contribution in [0.3, 0.4) is 0 Å². The highest BCUT2D eigenvalue weighted by Crippen LogP contribution is 2.28. The monoisotopic (exact) mass is 300 g/mol. The zero-order chi connectivity index (χ0) is 13.1. The lowest BCUT2D eigenvalue weighted by Gasteiger charge is -2.16. The van der Waals surface area contributed by atoms with Gasteiger partial charge in [0, 0.05) is 10.0 Å².